The zero-order valence-electron chi connectivity index (χ0n) is 9.60. The van der Waals surface area contributed by atoms with E-state index in [4.69, 9.17) is 16.9 Å². The van der Waals surface area contributed by atoms with Crippen molar-refractivity contribution in [2.75, 3.05) is 20.1 Å². The van der Waals surface area contributed by atoms with Gasteiger partial charge in [0.1, 0.15) is 11.0 Å². The summed E-state index contributed by atoms with van der Waals surface area (Å²) in [6.07, 6.45) is 0. The number of benzene rings is 1. The Morgan fingerprint density at radius 2 is 2.06 bits per heavy atom. The van der Waals surface area contributed by atoms with Gasteiger partial charge in [-0.2, -0.15) is 5.26 Å². The van der Waals surface area contributed by atoms with E-state index in [0.717, 1.165) is 0 Å². The Balaban J connectivity index is 0.00000289. The van der Waals surface area contributed by atoms with Crippen LogP contribution in [0.4, 0.5) is 0 Å². The molecule has 0 atom stereocenters. The maximum Gasteiger partial charge on any atom is 0.241 e. The number of nitrogens with zero attached hydrogens (tertiary/aromatic N) is 1. The van der Waals surface area contributed by atoms with E-state index in [0.29, 0.717) is 6.54 Å². The number of nitrogens with one attached hydrogen (secondary N) is 2. The number of rotatable bonds is 5. The number of hydrogen-bond donors (Lipinski definition) is 2. The lowest BCUT2D eigenvalue weighted by atomic mass is 10.2. The quantitative estimate of drug-likeness (QED) is 0.799. The van der Waals surface area contributed by atoms with E-state index >= 15 is 0 Å². The van der Waals surface area contributed by atoms with Gasteiger partial charge < -0.3 is 5.32 Å². The predicted octanol–water partition coefficient (Wildman–Crippen LogP) is 1.13. The third-order valence-electron chi connectivity index (χ3n) is 2.04. The fourth-order valence-corrected chi connectivity index (χ4v) is 2.71. The molecule has 1 aromatic carbocycles. The molecule has 0 fully saturated rings. The first kappa shape index (κ1) is 17.2. The van der Waals surface area contributed by atoms with Gasteiger partial charge in [-0.15, -0.1) is 12.4 Å². The van der Waals surface area contributed by atoms with Crippen LogP contribution in [0.3, 0.4) is 0 Å². The molecule has 18 heavy (non-hydrogen) atoms. The summed E-state index contributed by atoms with van der Waals surface area (Å²) in [7, 11) is -1.98. The van der Waals surface area contributed by atoms with E-state index in [-0.39, 0.29) is 34.4 Å². The van der Waals surface area contributed by atoms with Crippen LogP contribution in [-0.4, -0.2) is 28.6 Å². The van der Waals surface area contributed by atoms with Crippen molar-refractivity contribution in [1.29, 1.82) is 5.26 Å². The number of halogens is 2. The van der Waals surface area contributed by atoms with Crippen LogP contribution in [0.2, 0.25) is 5.02 Å². The second-order valence-electron chi connectivity index (χ2n) is 3.23. The average molecular weight is 310 g/mol. The molecule has 0 spiro atoms. The molecule has 1 rings (SSSR count). The molecule has 0 aliphatic rings. The van der Waals surface area contributed by atoms with Crippen LogP contribution in [0.1, 0.15) is 5.56 Å². The first-order valence-corrected chi connectivity index (χ1v) is 6.72. The van der Waals surface area contributed by atoms with Crippen molar-refractivity contribution in [3.05, 3.63) is 28.8 Å². The van der Waals surface area contributed by atoms with Crippen molar-refractivity contribution in [2.45, 2.75) is 4.90 Å². The SMILES string of the molecule is CNCCNS(=O)(=O)c1cccc(Cl)c1C#N.Cl. The summed E-state index contributed by atoms with van der Waals surface area (Å²) in [4.78, 5) is -0.0939. The van der Waals surface area contributed by atoms with E-state index < -0.39 is 10.0 Å². The lowest BCUT2D eigenvalue weighted by molar-refractivity contribution is 0.579. The first-order valence-electron chi connectivity index (χ1n) is 4.86. The second-order valence-corrected chi connectivity index (χ2v) is 5.37. The molecule has 5 nitrogen and oxygen atoms in total. The van der Waals surface area contributed by atoms with E-state index in [1.165, 1.54) is 18.2 Å². The molecule has 0 aromatic heterocycles. The number of likely N-dealkylation sites (N-methyl/N-ethyl adjacent to an activating group) is 1. The standard InChI is InChI=1S/C10H12ClN3O2S.ClH/c1-13-5-6-14-17(15,16)10-4-2-3-9(11)8(10)7-12;/h2-4,13-14H,5-6H2,1H3;1H. The largest absolute Gasteiger partial charge is 0.318 e. The van der Waals surface area contributed by atoms with Crippen LogP contribution in [0, 0.1) is 11.3 Å². The first-order chi connectivity index (χ1) is 8.03. The van der Waals surface area contributed by atoms with Crippen molar-refractivity contribution >= 4 is 34.0 Å². The molecule has 0 saturated carbocycles. The zero-order valence-corrected chi connectivity index (χ0v) is 12.0. The molecule has 0 aliphatic carbocycles. The van der Waals surface area contributed by atoms with Gasteiger partial charge in [0, 0.05) is 13.1 Å². The average Bonchev–Trinajstić information content (AvgIpc) is 2.29. The van der Waals surface area contributed by atoms with Crippen molar-refractivity contribution in [3.8, 4) is 6.07 Å². The highest BCUT2D eigenvalue weighted by Gasteiger charge is 2.19. The van der Waals surface area contributed by atoms with E-state index in [1.807, 2.05) is 0 Å². The Hall–Kier alpha value is -0.840. The van der Waals surface area contributed by atoms with Crippen LogP contribution in [-0.2, 0) is 10.0 Å². The predicted molar refractivity (Wildman–Crippen MR) is 72.5 cm³/mol. The Morgan fingerprint density at radius 1 is 1.39 bits per heavy atom. The Kier molecular flexibility index (Phi) is 7.21. The van der Waals surface area contributed by atoms with Gasteiger partial charge in [0.2, 0.25) is 10.0 Å². The normalized spacial score (nSPS) is 10.5. The van der Waals surface area contributed by atoms with Gasteiger partial charge in [-0.3, -0.25) is 0 Å². The van der Waals surface area contributed by atoms with Gasteiger partial charge in [-0.1, -0.05) is 17.7 Å². The number of sulfonamides is 1. The maximum atomic E-state index is 11.9. The molecule has 0 bridgehead atoms. The van der Waals surface area contributed by atoms with Gasteiger partial charge in [-0.25, -0.2) is 13.1 Å². The Labute approximate surface area is 118 Å². The summed E-state index contributed by atoms with van der Waals surface area (Å²) >= 11 is 5.77. The fraction of sp³-hybridized carbons (Fsp3) is 0.300. The lowest BCUT2D eigenvalue weighted by Crippen LogP contribution is -2.31. The van der Waals surface area contributed by atoms with E-state index in [2.05, 4.69) is 10.0 Å². The molecule has 0 amide bonds. The Bertz CT molecular complexity index is 541. The van der Waals surface area contributed by atoms with Crippen LogP contribution in [0.5, 0.6) is 0 Å². The molecule has 1 aromatic rings. The minimum Gasteiger partial charge on any atom is -0.318 e. The molecule has 0 heterocycles. The Morgan fingerprint density at radius 3 is 2.61 bits per heavy atom. The van der Waals surface area contributed by atoms with Crippen LogP contribution in [0.15, 0.2) is 23.1 Å². The van der Waals surface area contributed by atoms with Crippen molar-refractivity contribution < 1.29 is 8.42 Å². The van der Waals surface area contributed by atoms with Crippen LogP contribution in [0.25, 0.3) is 0 Å². The van der Waals surface area contributed by atoms with Gasteiger partial charge in [0.25, 0.3) is 0 Å². The summed E-state index contributed by atoms with van der Waals surface area (Å²) in [5.41, 5.74) is -0.0360. The smallest absolute Gasteiger partial charge is 0.241 e. The summed E-state index contributed by atoms with van der Waals surface area (Å²) in [5.74, 6) is 0. The highest BCUT2D eigenvalue weighted by atomic mass is 35.5. The molecule has 8 heteroatoms. The van der Waals surface area contributed by atoms with Gasteiger partial charge in [0.15, 0.2) is 0 Å². The maximum absolute atomic E-state index is 11.9. The van der Waals surface area contributed by atoms with Crippen molar-refractivity contribution in [1.82, 2.24) is 10.0 Å². The lowest BCUT2D eigenvalue weighted by Gasteiger charge is -2.08. The topological polar surface area (TPSA) is 82.0 Å². The molecular weight excluding hydrogens is 297 g/mol. The highest BCUT2D eigenvalue weighted by molar-refractivity contribution is 7.89. The number of nitriles is 1. The monoisotopic (exact) mass is 309 g/mol. The zero-order chi connectivity index (χ0) is 12.9. The number of hydrogen-bond acceptors (Lipinski definition) is 4. The second kappa shape index (κ2) is 7.56. The van der Waals surface area contributed by atoms with Crippen LogP contribution < -0.4 is 10.0 Å². The van der Waals surface area contributed by atoms with Gasteiger partial charge in [0.05, 0.1) is 10.6 Å². The minimum absolute atomic E-state index is 0. The third kappa shape index (κ3) is 4.12. The van der Waals surface area contributed by atoms with Crippen molar-refractivity contribution in [3.63, 3.8) is 0 Å². The molecule has 0 radical (unpaired) electrons. The van der Waals surface area contributed by atoms with E-state index in [1.54, 1.807) is 13.1 Å². The molecule has 0 saturated heterocycles. The fourth-order valence-electron chi connectivity index (χ4n) is 1.22. The van der Waals surface area contributed by atoms with Crippen LogP contribution >= 0.6 is 24.0 Å². The molecule has 100 valence electrons. The van der Waals surface area contributed by atoms with Gasteiger partial charge >= 0.3 is 0 Å². The molecular formula is C10H13Cl2N3O2S. The summed E-state index contributed by atoms with van der Waals surface area (Å²) in [6.45, 7) is 0.748. The molecule has 2 N–H and O–H groups in total. The highest BCUT2D eigenvalue weighted by Crippen LogP contribution is 2.22. The minimum atomic E-state index is -3.69. The summed E-state index contributed by atoms with van der Waals surface area (Å²) in [5, 5.41) is 11.8. The summed E-state index contributed by atoms with van der Waals surface area (Å²) < 4.78 is 26.2. The molecule has 0 unspecified atom stereocenters. The summed E-state index contributed by atoms with van der Waals surface area (Å²) in [6, 6.07) is 6.12. The van der Waals surface area contributed by atoms with E-state index in [9.17, 15) is 8.42 Å². The van der Waals surface area contributed by atoms with Crippen molar-refractivity contribution in [2.24, 2.45) is 0 Å². The third-order valence-corrected chi connectivity index (χ3v) is 3.86. The molecule has 0 aliphatic heterocycles. The van der Waals surface area contributed by atoms with Gasteiger partial charge in [-0.05, 0) is 19.2 Å².